The summed E-state index contributed by atoms with van der Waals surface area (Å²) in [5.41, 5.74) is 2.49. The number of hydrogen-bond donors (Lipinski definition) is 0. The number of hydrogen-bond acceptors (Lipinski definition) is 4. The second-order valence-electron chi connectivity index (χ2n) is 8.55. The number of carbonyl (C=O) groups is 3. The summed E-state index contributed by atoms with van der Waals surface area (Å²) >= 11 is 1.60. The van der Waals surface area contributed by atoms with Crippen LogP contribution in [0.15, 0.2) is 54.6 Å². The van der Waals surface area contributed by atoms with Crippen molar-refractivity contribution < 1.29 is 14.4 Å². The third-order valence-corrected chi connectivity index (χ3v) is 7.16. The maximum Gasteiger partial charge on any atom is 0.255 e. The lowest BCUT2D eigenvalue weighted by Crippen LogP contribution is -2.56. The van der Waals surface area contributed by atoms with Crippen LogP contribution in [-0.4, -0.2) is 76.3 Å². The van der Waals surface area contributed by atoms with Crippen LogP contribution in [0, 0.1) is 0 Å². The molecule has 6 nitrogen and oxygen atoms in total. The number of rotatable bonds is 4. The summed E-state index contributed by atoms with van der Waals surface area (Å²) in [5, 5.41) is 0. The molecule has 2 heterocycles. The molecule has 1 unspecified atom stereocenters. The molecule has 2 aliphatic heterocycles. The van der Waals surface area contributed by atoms with E-state index in [0.29, 0.717) is 54.9 Å². The molecule has 0 aliphatic carbocycles. The topological polar surface area (TPSA) is 60.9 Å². The Bertz CT molecular complexity index is 970. The lowest BCUT2D eigenvalue weighted by molar-refractivity contribution is -0.136. The molecular formula is C25H29N3O3S. The van der Waals surface area contributed by atoms with Crippen LogP contribution in [0.1, 0.15) is 46.0 Å². The van der Waals surface area contributed by atoms with Gasteiger partial charge in [-0.25, -0.2) is 0 Å². The van der Waals surface area contributed by atoms with Gasteiger partial charge in [0.2, 0.25) is 5.91 Å². The second kappa shape index (κ2) is 9.77. The first-order valence-electron chi connectivity index (χ1n) is 11.1. The molecule has 4 rings (SSSR count). The van der Waals surface area contributed by atoms with Gasteiger partial charge in [0.25, 0.3) is 11.8 Å². The summed E-state index contributed by atoms with van der Waals surface area (Å²) < 4.78 is 0. The Hall–Kier alpha value is -2.80. The molecule has 2 aliphatic rings. The zero-order valence-electron chi connectivity index (χ0n) is 18.6. The van der Waals surface area contributed by atoms with Crippen molar-refractivity contribution in [2.45, 2.75) is 25.8 Å². The second-order valence-corrected chi connectivity index (χ2v) is 9.55. The van der Waals surface area contributed by atoms with Crippen molar-refractivity contribution in [1.29, 1.82) is 0 Å². The Morgan fingerprint density at radius 1 is 0.812 bits per heavy atom. The van der Waals surface area contributed by atoms with Gasteiger partial charge in [0, 0.05) is 43.1 Å². The molecule has 0 radical (unpaired) electrons. The summed E-state index contributed by atoms with van der Waals surface area (Å²) in [6.07, 6.45) is 0. The number of benzene rings is 2. The first-order valence-corrected chi connectivity index (χ1v) is 12.2. The molecule has 168 valence electrons. The van der Waals surface area contributed by atoms with Gasteiger partial charge in [0.15, 0.2) is 0 Å². The van der Waals surface area contributed by atoms with Crippen LogP contribution in [-0.2, 0) is 4.79 Å². The van der Waals surface area contributed by atoms with Crippen LogP contribution in [0.25, 0.3) is 0 Å². The molecule has 1 atom stereocenters. The number of thioether (sulfide) groups is 1. The monoisotopic (exact) mass is 451 g/mol. The van der Waals surface area contributed by atoms with Crippen molar-refractivity contribution in [3.8, 4) is 0 Å². The zero-order valence-corrected chi connectivity index (χ0v) is 19.4. The van der Waals surface area contributed by atoms with Crippen molar-refractivity contribution in [3.05, 3.63) is 71.3 Å². The van der Waals surface area contributed by atoms with E-state index in [9.17, 15) is 14.4 Å². The minimum Gasteiger partial charge on any atom is -0.337 e. The molecule has 0 N–H and O–H groups in total. The quantitative estimate of drug-likeness (QED) is 0.716. The fraction of sp³-hybridized carbons (Fsp3) is 0.400. The highest BCUT2D eigenvalue weighted by atomic mass is 32.2. The van der Waals surface area contributed by atoms with Crippen molar-refractivity contribution >= 4 is 29.5 Å². The number of piperazine rings is 1. The molecule has 3 amide bonds. The minimum absolute atomic E-state index is 0.00436. The average Bonchev–Trinajstić information content (AvgIpc) is 3.33. The van der Waals surface area contributed by atoms with E-state index in [1.54, 1.807) is 33.7 Å². The normalized spacial score (nSPS) is 18.8. The molecular weight excluding hydrogens is 422 g/mol. The Morgan fingerprint density at radius 2 is 1.41 bits per heavy atom. The van der Waals surface area contributed by atoms with Gasteiger partial charge in [-0.3, -0.25) is 14.4 Å². The molecule has 2 aromatic rings. The molecule has 2 saturated heterocycles. The third kappa shape index (κ3) is 4.67. The van der Waals surface area contributed by atoms with E-state index in [1.165, 1.54) is 5.56 Å². The largest absolute Gasteiger partial charge is 0.337 e. The summed E-state index contributed by atoms with van der Waals surface area (Å²) in [4.78, 5) is 44.3. The lowest BCUT2D eigenvalue weighted by atomic mass is 10.0. The van der Waals surface area contributed by atoms with Gasteiger partial charge in [0.1, 0.15) is 6.04 Å². The number of amides is 3. The van der Waals surface area contributed by atoms with E-state index in [2.05, 4.69) is 13.8 Å². The van der Waals surface area contributed by atoms with Crippen molar-refractivity contribution in [1.82, 2.24) is 14.7 Å². The first-order chi connectivity index (χ1) is 15.5. The van der Waals surface area contributed by atoms with E-state index in [0.717, 1.165) is 0 Å². The lowest BCUT2D eigenvalue weighted by Gasteiger charge is -2.37. The van der Waals surface area contributed by atoms with Gasteiger partial charge in [-0.05, 0) is 35.7 Å². The van der Waals surface area contributed by atoms with Crippen LogP contribution in [0.5, 0.6) is 0 Å². The molecule has 0 saturated carbocycles. The van der Waals surface area contributed by atoms with Crippen molar-refractivity contribution in [2.24, 2.45) is 0 Å². The van der Waals surface area contributed by atoms with E-state index in [1.807, 2.05) is 47.4 Å². The van der Waals surface area contributed by atoms with Crippen LogP contribution in [0.4, 0.5) is 0 Å². The summed E-state index contributed by atoms with van der Waals surface area (Å²) in [6, 6.07) is 16.4. The first kappa shape index (κ1) is 22.4. The van der Waals surface area contributed by atoms with Gasteiger partial charge >= 0.3 is 0 Å². The SMILES string of the molecule is CC(C)c1ccc(C(=O)N2CCN(C(=O)C3CSCN3C(=O)c3ccccc3)CC2)cc1. The van der Waals surface area contributed by atoms with Crippen LogP contribution >= 0.6 is 11.8 Å². The van der Waals surface area contributed by atoms with E-state index >= 15 is 0 Å². The Balaban J connectivity index is 1.35. The Morgan fingerprint density at radius 3 is 2.03 bits per heavy atom. The van der Waals surface area contributed by atoms with Crippen LogP contribution < -0.4 is 0 Å². The van der Waals surface area contributed by atoms with Crippen molar-refractivity contribution in [3.63, 3.8) is 0 Å². The van der Waals surface area contributed by atoms with E-state index < -0.39 is 6.04 Å². The molecule has 2 aromatic carbocycles. The number of carbonyl (C=O) groups excluding carboxylic acids is 3. The van der Waals surface area contributed by atoms with E-state index in [-0.39, 0.29) is 17.7 Å². The average molecular weight is 452 g/mol. The highest BCUT2D eigenvalue weighted by Gasteiger charge is 2.38. The van der Waals surface area contributed by atoms with Gasteiger partial charge in [-0.1, -0.05) is 44.2 Å². The van der Waals surface area contributed by atoms with Gasteiger partial charge in [0.05, 0.1) is 5.88 Å². The van der Waals surface area contributed by atoms with Crippen LogP contribution in [0.3, 0.4) is 0 Å². The van der Waals surface area contributed by atoms with Gasteiger partial charge < -0.3 is 14.7 Å². The third-order valence-electron chi connectivity index (χ3n) is 6.15. The molecule has 2 fully saturated rings. The number of nitrogens with zero attached hydrogens (tertiary/aromatic N) is 3. The Labute approximate surface area is 193 Å². The van der Waals surface area contributed by atoms with Crippen LogP contribution in [0.2, 0.25) is 0 Å². The Kier molecular flexibility index (Phi) is 6.84. The predicted octanol–water partition coefficient (Wildman–Crippen LogP) is 3.31. The highest BCUT2D eigenvalue weighted by molar-refractivity contribution is 7.99. The fourth-order valence-corrected chi connectivity index (χ4v) is 5.27. The highest BCUT2D eigenvalue weighted by Crippen LogP contribution is 2.25. The summed E-state index contributed by atoms with van der Waals surface area (Å²) in [5.74, 6) is 1.44. The van der Waals surface area contributed by atoms with E-state index in [4.69, 9.17) is 0 Å². The standard InChI is InChI=1S/C25H29N3O3S/c1-18(2)19-8-10-21(11-9-19)23(29)26-12-14-27(15-13-26)25(31)22-16-32-17-28(22)24(30)20-6-4-3-5-7-20/h3-11,18,22H,12-17H2,1-2H3. The van der Waals surface area contributed by atoms with Gasteiger partial charge in [-0.2, -0.15) is 0 Å². The predicted molar refractivity (Wildman–Crippen MR) is 127 cm³/mol. The smallest absolute Gasteiger partial charge is 0.255 e. The van der Waals surface area contributed by atoms with Crippen molar-refractivity contribution in [2.75, 3.05) is 37.8 Å². The molecule has 0 aromatic heterocycles. The molecule has 0 bridgehead atoms. The maximum atomic E-state index is 13.2. The maximum absolute atomic E-state index is 13.2. The fourth-order valence-electron chi connectivity index (χ4n) is 4.13. The summed E-state index contributed by atoms with van der Waals surface area (Å²) in [7, 11) is 0. The molecule has 32 heavy (non-hydrogen) atoms. The zero-order chi connectivity index (χ0) is 22.7. The summed E-state index contributed by atoms with van der Waals surface area (Å²) in [6.45, 7) is 6.24. The molecule has 0 spiro atoms. The minimum atomic E-state index is -0.446. The van der Waals surface area contributed by atoms with Gasteiger partial charge in [-0.15, -0.1) is 11.8 Å². The molecule has 7 heteroatoms.